The van der Waals surface area contributed by atoms with E-state index < -0.39 is 0 Å². The third-order valence-electron chi connectivity index (χ3n) is 3.83. The van der Waals surface area contributed by atoms with Crippen molar-refractivity contribution in [3.63, 3.8) is 0 Å². The van der Waals surface area contributed by atoms with Gasteiger partial charge < -0.3 is 10.8 Å². The van der Waals surface area contributed by atoms with Gasteiger partial charge >= 0.3 is 0 Å². The van der Waals surface area contributed by atoms with Crippen molar-refractivity contribution in [3.05, 3.63) is 0 Å². The molecule has 0 bridgehead atoms. The lowest BCUT2D eigenvalue weighted by molar-refractivity contribution is 0.154. The Balaban J connectivity index is 1.87. The highest BCUT2D eigenvalue weighted by Crippen LogP contribution is 2.35. The van der Waals surface area contributed by atoms with E-state index in [1.54, 1.807) is 0 Å². The van der Waals surface area contributed by atoms with E-state index in [0.717, 1.165) is 18.5 Å². The molecule has 0 aromatic carbocycles. The quantitative estimate of drug-likeness (QED) is 0.697. The molecular weight excluding hydrogens is 176 g/mol. The first-order valence-electron chi connectivity index (χ1n) is 5.91. The Hall–Kier alpha value is -0.120. The molecule has 2 fully saturated rings. The molecule has 1 aliphatic heterocycles. The average Bonchev–Trinajstić information content (AvgIpc) is 2.62. The van der Waals surface area contributed by atoms with Crippen LogP contribution in [0.1, 0.15) is 32.1 Å². The van der Waals surface area contributed by atoms with Gasteiger partial charge in [-0.1, -0.05) is 12.8 Å². The Morgan fingerprint density at radius 3 is 2.86 bits per heavy atom. The summed E-state index contributed by atoms with van der Waals surface area (Å²) in [6.45, 7) is 2.20. The van der Waals surface area contributed by atoms with Crippen molar-refractivity contribution >= 4 is 0 Å². The van der Waals surface area contributed by atoms with Crippen molar-refractivity contribution in [3.8, 4) is 0 Å². The van der Waals surface area contributed by atoms with E-state index in [2.05, 4.69) is 4.90 Å². The second-order valence-corrected chi connectivity index (χ2v) is 4.84. The van der Waals surface area contributed by atoms with Gasteiger partial charge in [0.25, 0.3) is 0 Å². The molecule has 3 atom stereocenters. The summed E-state index contributed by atoms with van der Waals surface area (Å²) >= 11 is 0. The van der Waals surface area contributed by atoms with E-state index in [-0.39, 0.29) is 12.6 Å². The van der Waals surface area contributed by atoms with Crippen LogP contribution in [0.2, 0.25) is 0 Å². The maximum absolute atomic E-state index is 8.94. The second kappa shape index (κ2) is 4.60. The first kappa shape index (κ1) is 10.4. The van der Waals surface area contributed by atoms with Gasteiger partial charge in [-0.3, -0.25) is 4.90 Å². The number of nitrogens with two attached hydrogens (primary N) is 1. The predicted octanol–water partition coefficient (Wildman–Crippen LogP) is 0.570. The van der Waals surface area contributed by atoms with Crippen LogP contribution in [0.5, 0.6) is 0 Å². The molecule has 2 rings (SSSR count). The molecule has 0 radical (unpaired) electrons. The number of likely N-dealkylation sites (tertiary alicyclic amines) is 1. The average molecular weight is 198 g/mol. The summed E-state index contributed by atoms with van der Waals surface area (Å²) in [7, 11) is 0. The molecule has 0 amide bonds. The lowest BCUT2D eigenvalue weighted by Gasteiger charge is -2.32. The lowest BCUT2D eigenvalue weighted by atomic mass is 9.85. The Morgan fingerprint density at radius 1 is 1.29 bits per heavy atom. The van der Waals surface area contributed by atoms with Gasteiger partial charge in [-0.25, -0.2) is 0 Å². The summed E-state index contributed by atoms with van der Waals surface area (Å²) in [5.41, 5.74) is 5.78. The molecule has 0 aromatic heterocycles. The molecule has 0 aromatic rings. The normalized spacial score (nSPS) is 35.6. The van der Waals surface area contributed by atoms with Crippen LogP contribution in [-0.4, -0.2) is 41.8 Å². The van der Waals surface area contributed by atoms with Crippen molar-refractivity contribution in [2.45, 2.75) is 44.2 Å². The topological polar surface area (TPSA) is 49.5 Å². The number of rotatable bonds is 3. The van der Waals surface area contributed by atoms with Gasteiger partial charge in [0.2, 0.25) is 0 Å². The van der Waals surface area contributed by atoms with Crippen molar-refractivity contribution in [2.75, 3.05) is 19.7 Å². The minimum absolute atomic E-state index is 0.0457. The fourth-order valence-corrected chi connectivity index (χ4v) is 3.09. The highest BCUT2D eigenvalue weighted by molar-refractivity contribution is 4.90. The molecule has 1 aliphatic carbocycles. The SMILES string of the molecule is NC(CO)CN1CCC2CCCCC21. The monoisotopic (exact) mass is 198 g/mol. The Morgan fingerprint density at radius 2 is 2.07 bits per heavy atom. The summed E-state index contributed by atoms with van der Waals surface area (Å²) in [4.78, 5) is 2.50. The van der Waals surface area contributed by atoms with Gasteiger partial charge in [-0.15, -0.1) is 0 Å². The third-order valence-corrected chi connectivity index (χ3v) is 3.83. The third kappa shape index (κ3) is 2.10. The molecular formula is C11H22N2O. The molecule has 3 N–H and O–H groups in total. The zero-order valence-corrected chi connectivity index (χ0v) is 8.86. The molecule has 1 saturated carbocycles. The van der Waals surface area contributed by atoms with Crippen LogP contribution >= 0.6 is 0 Å². The molecule has 0 spiro atoms. The molecule has 14 heavy (non-hydrogen) atoms. The van der Waals surface area contributed by atoms with E-state index >= 15 is 0 Å². The van der Waals surface area contributed by atoms with Gasteiger partial charge in [0, 0.05) is 18.6 Å². The van der Waals surface area contributed by atoms with Crippen LogP contribution in [-0.2, 0) is 0 Å². The van der Waals surface area contributed by atoms with Crippen LogP contribution < -0.4 is 5.73 Å². The minimum Gasteiger partial charge on any atom is -0.395 e. The maximum Gasteiger partial charge on any atom is 0.0595 e. The number of aliphatic hydroxyl groups is 1. The van der Waals surface area contributed by atoms with Crippen molar-refractivity contribution in [1.82, 2.24) is 4.90 Å². The highest BCUT2D eigenvalue weighted by Gasteiger charge is 2.35. The zero-order valence-electron chi connectivity index (χ0n) is 8.86. The highest BCUT2D eigenvalue weighted by atomic mass is 16.3. The fourth-order valence-electron chi connectivity index (χ4n) is 3.09. The Kier molecular flexibility index (Phi) is 3.42. The molecule has 3 nitrogen and oxygen atoms in total. The first-order valence-corrected chi connectivity index (χ1v) is 5.91. The predicted molar refractivity (Wildman–Crippen MR) is 57.0 cm³/mol. The largest absolute Gasteiger partial charge is 0.395 e. The van der Waals surface area contributed by atoms with E-state index in [4.69, 9.17) is 10.8 Å². The van der Waals surface area contributed by atoms with E-state index in [1.165, 1.54) is 38.6 Å². The molecule has 2 aliphatic rings. The molecule has 82 valence electrons. The summed E-state index contributed by atoms with van der Waals surface area (Å²) in [6, 6.07) is 0.733. The van der Waals surface area contributed by atoms with E-state index in [9.17, 15) is 0 Å². The molecule has 1 heterocycles. The second-order valence-electron chi connectivity index (χ2n) is 4.84. The Labute approximate surface area is 86.3 Å². The standard InChI is InChI=1S/C11H22N2O/c12-10(8-14)7-13-6-5-9-3-1-2-4-11(9)13/h9-11,14H,1-8,12H2. The van der Waals surface area contributed by atoms with Gasteiger partial charge in [0.05, 0.1) is 6.61 Å². The van der Waals surface area contributed by atoms with Crippen LogP contribution in [0.15, 0.2) is 0 Å². The number of hydrogen-bond donors (Lipinski definition) is 2. The minimum atomic E-state index is -0.0457. The van der Waals surface area contributed by atoms with Crippen LogP contribution in [0.25, 0.3) is 0 Å². The maximum atomic E-state index is 8.94. The lowest BCUT2D eigenvalue weighted by Crippen LogP contribution is -2.43. The summed E-state index contributed by atoms with van der Waals surface area (Å²) in [6.07, 6.45) is 6.91. The summed E-state index contributed by atoms with van der Waals surface area (Å²) in [5, 5.41) is 8.94. The number of fused-ring (bicyclic) bond motifs is 1. The van der Waals surface area contributed by atoms with Gasteiger partial charge in [0.15, 0.2) is 0 Å². The van der Waals surface area contributed by atoms with Crippen molar-refractivity contribution < 1.29 is 5.11 Å². The van der Waals surface area contributed by atoms with E-state index in [1.807, 2.05) is 0 Å². The van der Waals surface area contributed by atoms with Gasteiger partial charge in [0.1, 0.15) is 0 Å². The van der Waals surface area contributed by atoms with Crippen molar-refractivity contribution in [1.29, 1.82) is 0 Å². The first-order chi connectivity index (χ1) is 6.81. The van der Waals surface area contributed by atoms with Gasteiger partial charge in [-0.05, 0) is 31.7 Å². The van der Waals surface area contributed by atoms with Crippen molar-refractivity contribution in [2.24, 2.45) is 11.7 Å². The zero-order chi connectivity index (χ0) is 9.97. The fraction of sp³-hybridized carbons (Fsp3) is 1.00. The number of hydrogen-bond acceptors (Lipinski definition) is 3. The Bertz CT molecular complexity index is 186. The number of aliphatic hydroxyl groups excluding tert-OH is 1. The molecule has 1 saturated heterocycles. The molecule has 3 heteroatoms. The smallest absolute Gasteiger partial charge is 0.0595 e. The van der Waals surface area contributed by atoms with E-state index in [0.29, 0.717) is 0 Å². The van der Waals surface area contributed by atoms with Gasteiger partial charge in [-0.2, -0.15) is 0 Å². The molecule has 3 unspecified atom stereocenters. The van der Waals surface area contributed by atoms with Crippen LogP contribution in [0.3, 0.4) is 0 Å². The van der Waals surface area contributed by atoms with Crippen LogP contribution in [0.4, 0.5) is 0 Å². The van der Waals surface area contributed by atoms with Crippen LogP contribution in [0, 0.1) is 5.92 Å². The summed E-state index contributed by atoms with van der Waals surface area (Å²) in [5.74, 6) is 0.926. The number of nitrogens with zero attached hydrogens (tertiary/aromatic N) is 1. The summed E-state index contributed by atoms with van der Waals surface area (Å²) < 4.78 is 0.